The lowest BCUT2D eigenvalue weighted by Crippen LogP contribution is -2.34. The zero-order valence-corrected chi connectivity index (χ0v) is 7.29. The van der Waals surface area contributed by atoms with Crippen LogP contribution in [0.15, 0.2) is 0 Å². The third-order valence-corrected chi connectivity index (χ3v) is 3.09. The van der Waals surface area contributed by atoms with Crippen molar-refractivity contribution in [2.75, 3.05) is 0 Å². The summed E-state index contributed by atoms with van der Waals surface area (Å²) >= 11 is 0.361. The van der Waals surface area contributed by atoms with Gasteiger partial charge in [-0.1, -0.05) is 12.8 Å². The van der Waals surface area contributed by atoms with E-state index in [9.17, 15) is 13.2 Å². The summed E-state index contributed by atoms with van der Waals surface area (Å²) in [5.74, 6) is -1.30. The van der Waals surface area contributed by atoms with E-state index in [1.807, 2.05) is 0 Å². The maximum absolute atomic E-state index is 12.3. The van der Waals surface area contributed by atoms with E-state index < -0.39 is 17.3 Å². The Bertz CT molecular complexity index is 148. The smallest absolute Gasteiger partial charge is 0.330 e. The van der Waals surface area contributed by atoms with E-state index in [0.717, 1.165) is 6.42 Å². The molecule has 0 saturated heterocycles. The zero-order chi connectivity index (χ0) is 9.19. The van der Waals surface area contributed by atoms with Crippen LogP contribution in [0.2, 0.25) is 0 Å². The second-order valence-electron chi connectivity index (χ2n) is 3.08. The molecule has 0 aliphatic heterocycles. The number of rotatable bonds is 1. The number of halogens is 3. The first kappa shape index (κ1) is 10.2. The minimum atomic E-state index is -4.14. The van der Waals surface area contributed by atoms with Crippen LogP contribution in [0.1, 0.15) is 25.7 Å². The largest absolute Gasteiger partial charge is 0.392 e. The van der Waals surface area contributed by atoms with Gasteiger partial charge in [-0.25, -0.2) is 0 Å². The Morgan fingerprint density at radius 3 is 2.17 bits per heavy atom. The monoisotopic (exact) mass is 200 g/mol. The van der Waals surface area contributed by atoms with Gasteiger partial charge in [-0.15, -0.1) is 0 Å². The molecule has 1 fully saturated rings. The van der Waals surface area contributed by atoms with Gasteiger partial charge in [0.15, 0.2) is 0 Å². The summed E-state index contributed by atoms with van der Waals surface area (Å²) in [6.07, 6.45) is -2.07. The van der Waals surface area contributed by atoms with Gasteiger partial charge in [-0.05, 0) is 24.9 Å². The zero-order valence-electron chi connectivity index (χ0n) is 6.47. The van der Waals surface area contributed by atoms with Gasteiger partial charge in [0.05, 0.1) is 5.92 Å². The van der Waals surface area contributed by atoms with E-state index in [-0.39, 0.29) is 6.42 Å². The lowest BCUT2D eigenvalue weighted by Gasteiger charge is -2.30. The van der Waals surface area contributed by atoms with Gasteiger partial charge in [-0.2, -0.15) is 13.2 Å². The second-order valence-corrected chi connectivity index (χ2v) is 3.89. The Balaban J connectivity index is 2.59. The van der Waals surface area contributed by atoms with Crippen molar-refractivity contribution in [2.24, 2.45) is 5.92 Å². The predicted octanol–water partition coefficient (Wildman–Crippen LogP) is 3.31. The summed E-state index contributed by atoms with van der Waals surface area (Å²) in [6, 6.07) is 0. The van der Waals surface area contributed by atoms with Crippen molar-refractivity contribution in [1.82, 2.24) is 0 Å². The molecule has 2 unspecified atom stereocenters. The molecule has 0 bridgehead atoms. The van der Waals surface area contributed by atoms with E-state index >= 15 is 0 Å². The fraction of sp³-hybridized carbons (Fsp3) is 1.00. The lowest BCUT2D eigenvalue weighted by atomic mass is 9.88. The predicted molar refractivity (Wildman–Crippen MR) is 42.0 cm³/mol. The van der Waals surface area contributed by atoms with Crippen LogP contribution in [0, 0.1) is 5.92 Å². The van der Waals surface area contributed by atoms with Gasteiger partial charge in [0.1, 0.15) is 0 Å². The first-order chi connectivity index (χ1) is 5.55. The molecule has 0 amide bonds. The van der Waals surface area contributed by atoms with Crippen molar-refractivity contribution in [2.45, 2.75) is 37.1 Å². The van der Waals surface area contributed by atoms with Crippen molar-refractivity contribution in [1.29, 1.82) is 0 Å². The van der Waals surface area contributed by atoms with Crippen LogP contribution in [-0.2, 0) is 0 Å². The van der Waals surface area contributed by atoms with Gasteiger partial charge in [-0.3, -0.25) is 0 Å². The van der Waals surface area contributed by atoms with E-state index in [4.69, 9.17) is 4.55 Å². The number of alkyl halides is 3. The molecule has 1 saturated carbocycles. The van der Waals surface area contributed by atoms with Crippen LogP contribution in [0.5, 0.6) is 0 Å². The summed E-state index contributed by atoms with van der Waals surface area (Å²) < 4.78 is 45.4. The number of hydrogen-bond donors (Lipinski definition) is 1. The fourth-order valence-corrected chi connectivity index (χ4v) is 2.31. The first-order valence-electron chi connectivity index (χ1n) is 3.92. The average Bonchev–Trinajstić information content (AvgIpc) is 2.03. The van der Waals surface area contributed by atoms with Crippen molar-refractivity contribution < 1.29 is 17.7 Å². The van der Waals surface area contributed by atoms with E-state index in [2.05, 4.69) is 0 Å². The van der Waals surface area contributed by atoms with Crippen molar-refractivity contribution in [3.05, 3.63) is 0 Å². The summed E-state index contributed by atoms with van der Waals surface area (Å²) in [5, 5.41) is -0.640. The third kappa shape index (κ3) is 2.29. The highest BCUT2D eigenvalue weighted by Crippen LogP contribution is 2.41. The molecule has 1 aliphatic carbocycles. The summed E-state index contributed by atoms with van der Waals surface area (Å²) in [7, 11) is 0. The van der Waals surface area contributed by atoms with Crippen LogP contribution < -0.4 is 0 Å². The Kier molecular flexibility index (Phi) is 3.29. The van der Waals surface area contributed by atoms with Crippen LogP contribution in [0.3, 0.4) is 0 Å². The van der Waals surface area contributed by atoms with Gasteiger partial charge < -0.3 is 4.55 Å². The van der Waals surface area contributed by atoms with Crippen LogP contribution in [0.4, 0.5) is 13.2 Å². The summed E-state index contributed by atoms with van der Waals surface area (Å²) in [5.41, 5.74) is 0. The molecule has 1 rings (SSSR count). The molecule has 12 heavy (non-hydrogen) atoms. The molecule has 0 aromatic rings. The van der Waals surface area contributed by atoms with Crippen molar-refractivity contribution >= 4 is 12.0 Å². The molecule has 0 aromatic carbocycles. The molecule has 72 valence electrons. The molecule has 0 aromatic heterocycles. The van der Waals surface area contributed by atoms with Crippen molar-refractivity contribution in [3.8, 4) is 0 Å². The fourth-order valence-electron chi connectivity index (χ4n) is 1.60. The lowest BCUT2D eigenvalue weighted by molar-refractivity contribution is -0.180. The van der Waals surface area contributed by atoms with Gasteiger partial charge >= 0.3 is 6.18 Å². The Morgan fingerprint density at radius 2 is 1.75 bits per heavy atom. The molecular formula is C7H11F3OS. The maximum atomic E-state index is 12.3. The second kappa shape index (κ2) is 3.87. The quantitative estimate of drug-likeness (QED) is 0.655. The highest BCUT2D eigenvalue weighted by molar-refractivity contribution is 7.94. The number of hydrogen-bond acceptors (Lipinski definition) is 2. The van der Waals surface area contributed by atoms with Crippen LogP contribution in [-0.4, -0.2) is 16.0 Å². The maximum Gasteiger partial charge on any atom is 0.392 e. The van der Waals surface area contributed by atoms with Gasteiger partial charge in [0, 0.05) is 5.25 Å². The minimum absolute atomic E-state index is 0.168. The normalized spacial score (nSPS) is 32.0. The Morgan fingerprint density at radius 1 is 1.17 bits per heavy atom. The molecule has 5 heteroatoms. The molecule has 2 atom stereocenters. The topological polar surface area (TPSA) is 20.2 Å². The minimum Gasteiger partial charge on any atom is -0.330 e. The van der Waals surface area contributed by atoms with E-state index in [0.29, 0.717) is 24.9 Å². The highest BCUT2D eigenvalue weighted by atomic mass is 32.2. The van der Waals surface area contributed by atoms with Gasteiger partial charge in [0.25, 0.3) is 0 Å². The summed E-state index contributed by atoms with van der Waals surface area (Å²) in [4.78, 5) is 0. The molecule has 1 nitrogen and oxygen atoms in total. The van der Waals surface area contributed by atoms with Crippen LogP contribution >= 0.6 is 12.0 Å². The van der Waals surface area contributed by atoms with Crippen molar-refractivity contribution in [3.63, 3.8) is 0 Å². The average molecular weight is 200 g/mol. The third-order valence-electron chi connectivity index (χ3n) is 2.26. The Labute approximate surface area is 73.5 Å². The molecule has 0 heterocycles. The molecule has 0 radical (unpaired) electrons. The highest BCUT2D eigenvalue weighted by Gasteiger charge is 2.45. The summed E-state index contributed by atoms with van der Waals surface area (Å²) in [6.45, 7) is 0. The molecular weight excluding hydrogens is 189 g/mol. The Hall–Kier alpha value is 0.100. The standard InChI is InChI=1S/C7H11F3OS/c8-7(9,10)5-3-1-2-4-6(5)12-11/h5-6,11H,1-4H2. The van der Waals surface area contributed by atoms with E-state index in [1.165, 1.54) is 0 Å². The molecule has 0 spiro atoms. The molecule has 1 N–H and O–H groups in total. The SMILES string of the molecule is OSC1CCCCC1C(F)(F)F. The molecule has 1 aliphatic rings. The first-order valence-corrected chi connectivity index (χ1v) is 4.76. The van der Waals surface area contributed by atoms with E-state index in [1.54, 1.807) is 0 Å². The van der Waals surface area contributed by atoms with Gasteiger partial charge in [0.2, 0.25) is 0 Å². The van der Waals surface area contributed by atoms with Crippen LogP contribution in [0.25, 0.3) is 0 Å².